The van der Waals surface area contributed by atoms with Gasteiger partial charge in [0.05, 0.1) is 18.2 Å². The van der Waals surface area contributed by atoms with Gasteiger partial charge in [0.2, 0.25) is 5.91 Å². The second kappa shape index (κ2) is 9.34. The normalized spacial score (nSPS) is 15.8. The van der Waals surface area contributed by atoms with Crippen molar-refractivity contribution in [1.82, 2.24) is 20.3 Å². The summed E-state index contributed by atoms with van der Waals surface area (Å²) in [6, 6.07) is 4.46. The Morgan fingerprint density at radius 3 is 2.91 bits per heavy atom. The third kappa shape index (κ3) is 5.24. The average molecular weight is 476 g/mol. The van der Waals surface area contributed by atoms with Crippen LogP contribution in [0.3, 0.4) is 0 Å². The van der Waals surface area contributed by atoms with E-state index in [0.29, 0.717) is 49.4 Å². The van der Waals surface area contributed by atoms with Crippen LogP contribution in [0.4, 0.5) is 15.9 Å². The van der Waals surface area contributed by atoms with Crippen molar-refractivity contribution in [3.63, 3.8) is 0 Å². The smallest absolute Gasteiger partial charge is 0.223 e. The van der Waals surface area contributed by atoms with E-state index in [4.69, 9.17) is 4.74 Å². The van der Waals surface area contributed by atoms with Crippen LogP contribution >= 0.6 is 0 Å². The predicted octanol–water partition coefficient (Wildman–Crippen LogP) is 2.50. The Labute approximate surface area is 191 Å². The Hall–Kier alpha value is -3.21. The highest BCUT2D eigenvalue weighted by atomic mass is 32.2. The minimum atomic E-state index is -3.05. The van der Waals surface area contributed by atoms with E-state index in [1.54, 1.807) is 12.1 Å². The number of nitrogens with one attached hydrogen (secondary N) is 3. The molecule has 0 saturated carbocycles. The topological polar surface area (TPSA) is 126 Å². The molecule has 0 radical (unpaired) electrons. The van der Waals surface area contributed by atoms with Gasteiger partial charge in [0.25, 0.3) is 0 Å². The number of hydrogen-bond acceptors (Lipinski definition) is 7. The van der Waals surface area contributed by atoms with Gasteiger partial charge in [0, 0.05) is 36.2 Å². The molecule has 9 nitrogen and oxygen atoms in total. The number of aryl methyl sites for hydroxylation is 1. The van der Waals surface area contributed by atoms with E-state index < -0.39 is 15.7 Å². The lowest BCUT2D eigenvalue weighted by molar-refractivity contribution is -0.125. The Kier molecular flexibility index (Phi) is 6.50. The van der Waals surface area contributed by atoms with Crippen LogP contribution in [0, 0.1) is 11.7 Å². The van der Waals surface area contributed by atoms with Crippen LogP contribution in [-0.4, -0.2) is 54.9 Å². The molecular weight excluding hydrogens is 449 g/mol. The standard InChI is InChI=1S/C22H26FN5O4S/c1-32-18-11-14(5-6-16(18)23)27-20-19-15-10-13(22(29)24-8-3-9-33(2,30)31)4-7-17(15)28-21(19)26-12-25-20/h5-6,11-13H,3-4,7-10H2,1-2H3,(H,24,29)(H2,25,26,27,28)/t13-/m0/s1. The molecule has 0 fully saturated rings. The number of fused-ring (bicyclic) bond motifs is 3. The fourth-order valence-corrected chi connectivity index (χ4v) is 4.79. The summed E-state index contributed by atoms with van der Waals surface area (Å²) >= 11 is 0. The molecule has 2 heterocycles. The number of H-pyrrole nitrogens is 1. The van der Waals surface area contributed by atoms with E-state index in [1.165, 1.54) is 25.8 Å². The van der Waals surface area contributed by atoms with Gasteiger partial charge in [0.15, 0.2) is 11.6 Å². The summed E-state index contributed by atoms with van der Waals surface area (Å²) in [5.74, 6) is -0.0491. The molecule has 0 spiro atoms. The fraction of sp³-hybridized carbons (Fsp3) is 0.409. The number of carbonyl (C=O) groups excluding carboxylic acids is 1. The number of halogens is 1. The van der Waals surface area contributed by atoms with Crippen molar-refractivity contribution in [2.75, 3.05) is 31.0 Å². The molecule has 1 aliphatic carbocycles. The van der Waals surface area contributed by atoms with Gasteiger partial charge in [-0.15, -0.1) is 0 Å². The highest BCUT2D eigenvalue weighted by Crippen LogP contribution is 2.35. The number of hydrogen-bond donors (Lipinski definition) is 3. The lowest BCUT2D eigenvalue weighted by atomic mass is 9.86. The highest BCUT2D eigenvalue weighted by Gasteiger charge is 2.29. The molecule has 0 unspecified atom stereocenters. The molecule has 33 heavy (non-hydrogen) atoms. The number of sulfone groups is 1. The average Bonchev–Trinajstić information content (AvgIpc) is 3.16. The zero-order valence-corrected chi connectivity index (χ0v) is 19.3. The van der Waals surface area contributed by atoms with Gasteiger partial charge in [-0.2, -0.15) is 0 Å². The van der Waals surface area contributed by atoms with Gasteiger partial charge in [-0.3, -0.25) is 4.79 Å². The van der Waals surface area contributed by atoms with Gasteiger partial charge in [-0.1, -0.05) is 0 Å². The van der Waals surface area contributed by atoms with Gasteiger partial charge in [-0.05, 0) is 43.4 Å². The molecule has 0 saturated heterocycles. The first-order chi connectivity index (χ1) is 15.7. The SMILES string of the molecule is COc1cc(Nc2ncnc3[nH]c4c(c23)C[C@@H](C(=O)NCCCS(C)(=O)=O)CC4)ccc1F. The second-order valence-electron chi connectivity index (χ2n) is 8.22. The van der Waals surface area contributed by atoms with Crippen molar-refractivity contribution >= 4 is 38.3 Å². The first-order valence-electron chi connectivity index (χ1n) is 10.7. The Morgan fingerprint density at radius 2 is 2.15 bits per heavy atom. The highest BCUT2D eigenvalue weighted by molar-refractivity contribution is 7.90. The number of amides is 1. The third-order valence-electron chi connectivity index (χ3n) is 5.75. The van der Waals surface area contributed by atoms with E-state index in [1.807, 2.05) is 0 Å². The summed E-state index contributed by atoms with van der Waals surface area (Å²) in [6.07, 6.45) is 4.91. The maximum atomic E-state index is 13.8. The minimum Gasteiger partial charge on any atom is -0.494 e. The van der Waals surface area contributed by atoms with E-state index >= 15 is 0 Å². The molecule has 176 valence electrons. The third-order valence-corrected chi connectivity index (χ3v) is 6.78. The van der Waals surface area contributed by atoms with Crippen LogP contribution in [0.5, 0.6) is 5.75 Å². The number of benzene rings is 1. The number of anilines is 2. The number of aromatic nitrogens is 3. The van der Waals surface area contributed by atoms with Crippen molar-refractivity contribution in [3.05, 3.63) is 41.6 Å². The van der Waals surface area contributed by atoms with E-state index in [9.17, 15) is 17.6 Å². The maximum absolute atomic E-state index is 13.8. The van der Waals surface area contributed by atoms with Crippen LogP contribution in [0.2, 0.25) is 0 Å². The molecule has 3 N–H and O–H groups in total. The van der Waals surface area contributed by atoms with Gasteiger partial charge < -0.3 is 20.4 Å². The molecule has 3 aromatic rings. The van der Waals surface area contributed by atoms with Gasteiger partial charge in [-0.25, -0.2) is 22.8 Å². The van der Waals surface area contributed by atoms with Crippen molar-refractivity contribution < 1.29 is 22.3 Å². The van der Waals surface area contributed by atoms with Gasteiger partial charge in [0.1, 0.15) is 27.6 Å². The number of methoxy groups -OCH3 is 1. The van der Waals surface area contributed by atoms with Crippen LogP contribution in [-0.2, 0) is 27.5 Å². The molecule has 1 aliphatic rings. The summed E-state index contributed by atoms with van der Waals surface area (Å²) in [4.78, 5) is 24.8. The number of rotatable bonds is 8. The zero-order valence-electron chi connectivity index (χ0n) is 18.4. The Morgan fingerprint density at radius 1 is 1.33 bits per heavy atom. The largest absolute Gasteiger partial charge is 0.494 e. The molecule has 4 rings (SSSR count). The lowest BCUT2D eigenvalue weighted by Gasteiger charge is -2.22. The summed E-state index contributed by atoms with van der Waals surface area (Å²) < 4.78 is 41.4. The molecule has 0 aliphatic heterocycles. The fourth-order valence-electron chi connectivity index (χ4n) is 4.12. The van der Waals surface area contributed by atoms with Crippen LogP contribution in [0.25, 0.3) is 11.0 Å². The number of aromatic amines is 1. The van der Waals surface area contributed by atoms with Crippen molar-refractivity contribution in [2.45, 2.75) is 25.7 Å². The molecule has 1 aromatic carbocycles. The Bertz CT molecular complexity index is 1290. The van der Waals surface area contributed by atoms with Crippen LogP contribution < -0.4 is 15.4 Å². The maximum Gasteiger partial charge on any atom is 0.223 e. The van der Waals surface area contributed by atoms with E-state index in [-0.39, 0.29) is 23.3 Å². The first-order valence-corrected chi connectivity index (χ1v) is 12.7. The first kappa shape index (κ1) is 23.0. The number of carbonyl (C=O) groups is 1. The lowest BCUT2D eigenvalue weighted by Crippen LogP contribution is -2.35. The molecule has 11 heteroatoms. The van der Waals surface area contributed by atoms with E-state index in [2.05, 4.69) is 25.6 Å². The molecular formula is C22H26FN5O4S. The van der Waals surface area contributed by atoms with Crippen LogP contribution in [0.15, 0.2) is 24.5 Å². The summed E-state index contributed by atoms with van der Waals surface area (Å²) in [7, 11) is -1.64. The zero-order chi connectivity index (χ0) is 23.6. The van der Waals surface area contributed by atoms with Crippen molar-refractivity contribution in [1.29, 1.82) is 0 Å². The second-order valence-corrected chi connectivity index (χ2v) is 10.5. The number of ether oxygens (including phenoxy) is 1. The quantitative estimate of drug-likeness (QED) is 0.427. The van der Waals surface area contributed by atoms with E-state index in [0.717, 1.165) is 16.6 Å². The molecule has 1 amide bonds. The molecule has 2 aromatic heterocycles. The summed E-state index contributed by atoms with van der Waals surface area (Å²) in [5, 5.41) is 6.87. The summed E-state index contributed by atoms with van der Waals surface area (Å²) in [5.41, 5.74) is 3.27. The van der Waals surface area contributed by atoms with Crippen LogP contribution in [0.1, 0.15) is 24.1 Å². The Balaban J connectivity index is 1.53. The molecule has 1 atom stereocenters. The minimum absolute atomic E-state index is 0.0467. The monoisotopic (exact) mass is 475 g/mol. The van der Waals surface area contributed by atoms with Crippen molar-refractivity contribution in [2.24, 2.45) is 5.92 Å². The molecule has 0 bridgehead atoms. The predicted molar refractivity (Wildman–Crippen MR) is 123 cm³/mol. The number of nitrogens with zero attached hydrogens (tertiary/aromatic N) is 2. The van der Waals surface area contributed by atoms with Gasteiger partial charge >= 0.3 is 0 Å². The summed E-state index contributed by atoms with van der Waals surface area (Å²) in [6.45, 7) is 0.325. The van der Waals surface area contributed by atoms with Crippen molar-refractivity contribution in [3.8, 4) is 5.75 Å².